The van der Waals surface area contributed by atoms with Crippen molar-refractivity contribution in [3.05, 3.63) is 0 Å². The molecule has 0 spiro atoms. The van der Waals surface area contributed by atoms with E-state index in [4.69, 9.17) is 0 Å². The van der Waals surface area contributed by atoms with Gasteiger partial charge in [-0.15, -0.1) is 0 Å². The minimum absolute atomic E-state index is 0.414. The summed E-state index contributed by atoms with van der Waals surface area (Å²) in [4.78, 5) is 2.32. The number of sulfone groups is 1. The van der Waals surface area contributed by atoms with Crippen molar-refractivity contribution in [1.29, 1.82) is 0 Å². The van der Waals surface area contributed by atoms with Gasteiger partial charge in [0.1, 0.15) is 0 Å². The Morgan fingerprint density at radius 2 is 1.89 bits per heavy atom. The summed E-state index contributed by atoms with van der Waals surface area (Å²) in [7, 11) is -1.02. The summed E-state index contributed by atoms with van der Waals surface area (Å²) in [6.45, 7) is 9.68. The van der Waals surface area contributed by atoms with Crippen LogP contribution < -0.4 is 5.32 Å². The molecule has 0 saturated carbocycles. The van der Waals surface area contributed by atoms with Gasteiger partial charge in [-0.05, 0) is 46.7 Å². The van der Waals surface area contributed by atoms with Crippen LogP contribution in [-0.2, 0) is 9.84 Å². The second kappa shape index (κ2) is 5.47. The molecule has 1 fully saturated rings. The third kappa shape index (κ3) is 3.25. The van der Waals surface area contributed by atoms with Crippen LogP contribution >= 0.6 is 0 Å². The van der Waals surface area contributed by atoms with Crippen molar-refractivity contribution in [3.63, 3.8) is 0 Å². The highest BCUT2D eigenvalue weighted by atomic mass is 32.2. The zero-order valence-electron chi connectivity index (χ0n) is 12.5. The van der Waals surface area contributed by atoms with Crippen molar-refractivity contribution in [2.75, 3.05) is 26.4 Å². The van der Waals surface area contributed by atoms with Crippen LogP contribution in [-0.4, -0.2) is 56.5 Å². The predicted octanol–water partition coefficient (Wildman–Crippen LogP) is 1.13. The molecule has 0 aromatic rings. The molecule has 1 aliphatic rings. The fourth-order valence-corrected chi connectivity index (χ4v) is 3.08. The van der Waals surface area contributed by atoms with E-state index in [0.29, 0.717) is 24.5 Å². The van der Waals surface area contributed by atoms with E-state index < -0.39 is 14.6 Å². The number of hydrogen-bond donors (Lipinski definition) is 1. The minimum Gasteiger partial charge on any atom is -0.317 e. The second-order valence-electron chi connectivity index (χ2n) is 6.29. The van der Waals surface area contributed by atoms with Gasteiger partial charge in [-0.3, -0.25) is 4.90 Å². The zero-order chi connectivity index (χ0) is 14.1. The van der Waals surface area contributed by atoms with Gasteiger partial charge in [0.15, 0.2) is 9.84 Å². The van der Waals surface area contributed by atoms with Crippen molar-refractivity contribution < 1.29 is 8.42 Å². The van der Waals surface area contributed by atoms with E-state index in [1.807, 2.05) is 20.9 Å². The highest BCUT2D eigenvalue weighted by molar-refractivity contribution is 7.92. The summed E-state index contributed by atoms with van der Waals surface area (Å²) in [6.07, 6.45) is 2.42. The second-order valence-corrected chi connectivity index (χ2v) is 8.94. The molecule has 0 amide bonds. The predicted molar refractivity (Wildman–Crippen MR) is 76.6 cm³/mol. The molecule has 108 valence electrons. The summed E-state index contributed by atoms with van der Waals surface area (Å²) >= 11 is 0. The monoisotopic (exact) mass is 276 g/mol. The van der Waals surface area contributed by atoms with Gasteiger partial charge in [0.25, 0.3) is 0 Å². The molecule has 1 aliphatic heterocycles. The summed E-state index contributed by atoms with van der Waals surface area (Å²) in [5.41, 5.74) is 0. The van der Waals surface area contributed by atoms with Crippen LogP contribution in [0.2, 0.25) is 0 Å². The SMILES string of the molecule is CNC1CCN(CC(C)(C)S(C)(=O)=O)C(C)C1C. The van der Waals surface area contributed by atoms with E-state index in [1.165, 1.54) is 6.26 Å². The van der Waals surface area contributed by atoms with Crippen molar-refractivity contribution >= 4 is 9.84 Å². The van der Waals surface area contributed by atoms with E-state index in [-0.39, 0.29) is 0 Å². The van der Waals surface area contributed by atoms with Gasteiger partial charge in [0, 0.05) is 24.9 Å². The number of piperidine rings is 1. The van der Waals surface area contributed by atoms with Gasteiger partial charge in [-0.1, -0.05) is 6.92 Å². The van der Waals surface area contributed by atoms with E-state index in [1.54, 1.807) is 0 Å². The number of hydrogen-bond acceptors (Lipinski definition) is 4. The normalized spacial score (nSPS) is 31.6. The zero-order valence-corrected chi connectivity index (χ0v) is 13.3. The van der Waals surface area contributed by atoms with E-state index >= 15 is 0 Å². The van der Waals surface area contributed by atoms with Crippen LogP contribution in [0.15, 0.2) is 0 Å². The summed E-state index contributed by atoms with van der Waals surface area (Å²) < 4.78 is 22.9. The van der Waals surface area contributed by atoms with Gasteiger partial charge < -0.3 is 5.32 Å². The molecule has 0 aromatic carbocycles. The lowest BCUT2D eigenvalue weighted by Gasteiger charge is -2.45. The standard InChI is InChI=1S/C13H28N2O2S/c1-10-11(2)15(8-7-12(10)14-5)9-13(3,4)18(6,16)17/h10-12,14H,7-9H2,1-6H3. The van der Waals surface area contributed by atoms with Crippen molar-refractivity contribution in [2.45, 2.75) is 50.9 Å². The van der Waals surface area contributed by atoms with Crippen LogP contribution in [0.25, 0.3) is 0 Å². The summed E-state index contributed by atoms with van der Waals surface area (Å²) in [6, 6.07) is 0.954. The van der Waals surface area contributed by atoms with Gasteiger partial charge in [-0.2, -0.15) is 0 Å². The van der Waals surface area contributed by atoms with E-state index in [0.717, 1.165) is 13.0 Å². The first-order valence-corrected chi connectivity index (χ1v) is 8.60. The van der Waals surface area contributed by atoms with E-state index in [2.05, 4.69) is 24.1 Å². The molecule has 0 aromatic heterocycles. The van der Waals surface area contributed by atoms with Gasteiger partial charge in [0.2, 0.25) is 0 Å². The van der Waals surface area contributed by atoms with Crippen LogP contribution in [0, 0.1) is 5.92 Å². The Morgan fingerprint density at radius 3 is 2.33 bits per heavy atom. The largest absolute Gasteiger partial charge is 0.317 e. The van der Waals surface area contributed by atoms with Gasteiger partial charge >= 0.3 is 0 Å². The molecule has 5 heteroatoms. The number of rotatable bonds is 4. The van der Waals surface area contributed by atoms with Crippen LogP contribution in [0.1, 0.15) is 34.1 Å². The molecule has 0 radical (unpaired) electrons. The van der Waals surface area contributed by atoms with E-state index in [9.17, 15) is 8.42 Å². The fraction of sp³-hybridized carbons (Fsp3) is 1.00. The van der Waals surface area contributed by atoms with Crippen LogP contribution in [0.5, 0.6) is 0 Å². The smallest absolute Gasteiger partial charge is 0.153 e. The molecule has 1 rings (SSSR count). The molecular formula is C13H28N2O2S. The van der Waals surface area contributed by atoms with Crippen molar-refractivity contribution in [1.82, 2.24) is 10.2 Å². The van der Waals surface area contributed by atoms with Crippen LogP contribution in [0.3, 0.4) is 0 Å². The Bertz CT molecular complexity index is 378. The lowest BCUT2D eigenvalue weighted by atomic mass is 9.86. The Labute approximate surface area is 112 Å². The van der Waals surface area contributed by atoms with Crippen molar-refractivity contribution in [2.24, 2.45) is 5.92 Å². The van der Waals surface area contributed by atoms with Crippen LogP contribution in [0.4, 0.5) is 0 Å². The lowest BCUT2D eigenvalue weighted by molar-refractivity contribution is 0.0805. The Kier molecular flexibility index (Phi) is 4.84. The maximum absolute atomic E-state index is 11.8. The van der Waals surface area contributed by atoms with Gasteiger partial charge in [-0.25, -0.2) is 8.42 Å². The first-order chi connectivity index (χ1) is 8.10. The van der Waals surface area contributed by atoms with Crippen molar-refractivity contribution in [3.8, 4) is 0 Å². The number of nitrogens with one attached hydrogen (secondary N) is 1. The molecule has 3 atom stereocenters. The first kappa shape index (κ1) is 15.9. The Morgan fingerprint density at radius 1 is 1.33 bits per heavy atom. The Balaban J connectivity index is 2.76. The lowest BCUT2D eigenvalue weighted by Crippen LogP contribution is -2.56. The topological polar surface area (TPSA) is 49.4 Å². The molecule has 0 aliphatic carbocycles. The average molecular weight is 276 g/mol. The molecule has 3 unspecified atom stereocenters. The molecule has 1 N–H and O–H groups in total. The summed E-state index contributed by atoms with van der Waals surface area (Å²) in [5, 5.41) is 3.35. The highest BCUT2D eigenvalue weighted by Crippen LogP contribution is 2.27. The molecule has 0 bridgehead atoms. The maximum atomic E-state index is 11.8. The number of nitrogens with zero attached hydrogens (tertiary/aromatic N) is 1. The summed E-state index contributed by atoms with van der Waals surface area (Å²) in [5.74, 6) is 0.541. The highest BCUT2D eigenvalue weighted by Gasteiger charge is 2.38. The Hall–Kier alpha value is -0.130. The quantitative estimate of drug-likeness (QED) is 0.836. The molecule has 1 saturated heterocycles. The third-order valence-corrected chi connectivity index (χ3v) is 6.79. The first-order valence-electron chi connectivity index (χ1n) is 6.71. The molecule has 18 heavy (non-hydrogen) atoms. The molecule has 1 heterocycles. The fourth-order valence-electron chi connectivity index (χ4n) is 2.68. The average Bonchev–Trinajstić information content (AvgIpc) is 2.23. The molecule has 4 nitrogen and oxygen atoms in total. The maximum Gasteiger partial charge on any atom is 0.153 e. The minimum atomic E-state index is -3.02. The number of likely N-dealkylation sites (tertiary alicyclic amines) is 1. The van der Waals surface area contributed by atoms with Gasteiger partial charge in [0.05, 0.1) is 4.75 Å². The third-order valence-electron chi connectivity index (χ3n) is 4.66. The molecular weight excluding hydrogens is 248 g/mol.